The van der Waals surface area contributed by atoms with Crippen LogP contribution in [0.1, 0.15) is 36.1 Å². The van der Waals surface area contributed by atoms with E-state index in [0.717, 1.165) is 41.3 Å². The fraction of sp³-hybridized carbons (Fsp3) is 0.250. The first-order valence-corrected chi connectivity index (χ1v) is 13.9. The number of pyridine rings is 1. The molecule has 5 rings (SSSR count). The van der Waals surface area contributed by atoms with E-state index in [9.17, 15) is 18.0 Å². The number of alkyl halides is 3. The van der Waals surface area contributed by atoms with Gasteiger partial charge in [0.25, 0.3) is 0 Å². The number of benzene rings is 3. The van der Waals surface area contributed by atoms with Crippen molar-refractivity contribution in [3.63, 3.8) is 0 Å². The third-order valence-electron chi connectivity index (χ3n) is 7.67. The molecule has 1 aromatic heterocycles. The van der Waals surface area contributed by atoms with Crippen LogP contribution in [0.4, 0.5) is 28.9 Å². The number of hydrogen-bond donors (Lipinski definition) is 0. The van der Waals surface area contributed by atoms with Gasteiger partial charge in [-0.2, -0.15) is 18.4 Å². The fourth-order valence-corrected chi connectivity index (χ4v) is 5.51. The van der Waals surface area contributed by atoms with Gasteiger partial charge in [-0.1, -0.05) is 42.5 Å². The Labute approximate surface area is 251 Å². The second-order valence-electron chi connectivity index (χ2n) is 10.3. The number of hydrogen-bond acceptors (Lipinski definition) is 5. The second-order valence-corrected chi connectivity index (χ2v) is 10.7. The third kappa shape index (κ3) is 6.01. The Kier molecular flexibility index (Phi) is 8.33. The Hall–Kier alpha value is -4.56. The maximum atomic E-state index is 15.4. The lowest BCUT2D eigenvalue weighted by Gasteiger charge is -2.48. The first-order valence-electron chi connectivity index (χ1n) is 13.5. The van der Waals surface area contributed by atoms with Crippen molar-refractivity contribution in [3.8, 4) is 11.8 Å². The van der Waals surface area contributed by atoms with Crippen LogP contribution in [0.5, 0.6) is 5.75 Å². The van der Waals surface area contributed by atoms with Crippen molar-refractivity contribution < 1.29 is 27.1 Å². The summed E-state index contributed by atoms with van der Waals surface area (Å²) in [5.41, 5.74) is -1.83. The molecule has 3 aromatic carbocycles. The Morgan fingerprint density at radius 3 is 2.47 bits per heavy atom. The number of aromatic nitrogens is 1. The summed E-state index contributed by atoms with van der Waals surface area (Å²) in [4.78, 5) is 18.7. The highest BCUT2D eigenvalue weighted by atomic mass is 32.1. The molecule has 1 fully saturated rings. The Bertz CT molecular complexity index is 1730. The van der Waals surface area contributed by atoms with E-state index >= 15 is 4.39 Å². The molecule has 4 aromatic rings. The van der Waals surface area contributed by atoms with Gasteiger partial charge in [-0.15, -0.1) is 0 Å². The molecule has 0 radical (unpaired) electrons. The van der Waals surface area contributed by atoms with Crippen LogP contribution in [-0.2, 0) is 17.4 Å². The van der Waals surface area contributed by atoms with Crippen molar-refractivity contribution in [1.82, 2.24) is 4.98 Å². The summed E-state index contributed by atoms with van der Waals surface area (Å²) in [5.74, 6) is -0.658. The van der Waals surface area contributed by atoms with Gasteiger partial charge < -0.3 is 19.3 Å². The van der Waals surface area contributed by atoms with E-state index in [0.29, 0.717) is 19.3 Å². The molecule has 0 amide bonds. The van der Waals surface area contributed by atoms with Gasteiger partial charge in [-0.25, -0.2) is 9.37 Å². The highest BCUT2D eigenvalue weighted by Gasteiger charge is 2.46. The maximum Gasteiger partial charge on any atom is 0.419 e. The number of rotatable bonds is 8. The first kappa shape index (κ1) is 29.9. The topological polar surface area (TPSA) is 69.5 Å². The van der Waals surface area contributed by atoms with Crippen LogP contribution in [0.25, 0.3) is 10.8 Å². The number of aldehydes is 1. The zero-order valence-electron chi connectivity index (χ0n) is 23.1. The normalized spacial score (nSPS) is 14.0. The number of carbonyl (C=O) groups is 1. The van der Waals surface area contributed by atoms with E-state index in [-0.39, 0.29) is 28.8 Å². The molecule has 1 saturated carbocycles. The standard InChI is InChI=1S/C32H26F4N4O2S/c1-39(25-16-26(32(34,35)36)28(18-37)38-19-25)30(43)40(31(20-41)12-4-13-31)24-9-10-29(27(33)17-24)42-14-11-21-7-8-22-5-2-3-6-23(22)15-21/h2-3,5-10,15-17,19-20H,4,11-14H2,1H3. The van der Waals surface area contributed by atoms with Crippen LogP contribution < -0.4 is 14.5 Å². The molecule has 0 atom stereocenters. The number of carbonyl (C=O) groups excluding carboxylic acids is 1. The molecule has 0 N–H and O–H groups in total. The zero-order chi connectivity index (χ0) is 30.8. The quantitative estimate of drug-likeness (QED) is 0.119. The molecule has 43 heavy (non-hydrogen) atoms. The molecule has 0 spiro atoms. The van der Waals surface area contributed by atoms with Gasteiger partial charge in [0, 0.05) is 25.2 Å². The molecule has 220 valence electrons. The number of ether oxygens (including phenoxy) is 1. The molecule has 0 saturated heterocycles. The van der Waals surface area contributed by atoms with Crippen molar-refractivity contribution in [3.05, 3.63) is 95.6 Å². The highest BCUT2D eigenvalue weighted by Crippen LogP contribution is 2.41. The summed E-state index contributed by atoms with van der Waals surface area (Å²) in [7, 11) is 1.43. The number of fused-ring (bicyclic) bond motifs is 1. The Morgan fingerprint density at radius 2 is 1.84 bits per heavy atom. The average molecular weight is 607 g/mol. The van der Waals surface area contributed by atoms with E-state index in [1.54, 1.807) is 6.07 Å². The van der Waals surface area contributed by atoms with Crippen molar-refractivity contribution in [2.24, 2.45) is 0 Å². The monoisotopic (exact) mass is 606 g/mol. The van der Waals surface area contributed by atoms with Gasteiger partial charge >= 0.3 is 6.18 Å². The third-order valence-corrected chi connectivity index (χ3v) is 8.13. The SMILES string of the molecule is CN(C(=S)N(c1ccc(OCCc2ccc3ccccc3c2)c(F)c1)C1(C=O)CCC1)c1cnc(C#N)c(C(F)(F)F)c1. The Morgan fingerprint density at radius 1 is 1.09 bits per heavy atom. The predicted octanol–water partition coefficient (Wildman–Crippen LogP) is 7.24. The smallest absolute Gasteiger partial charge is 0.419 e. The van der Waals surface area contributed by atoms with Gasteiger partial charge in [-0.3, -0.25) is 0 Å². The molecule has 6 nitrogen and oxygen atoms in total. The number of nitrogens with zero attached hydrogens (tertiary/aromatic N) is 4. The van der Waals surface area contributed by atoms with E-state index in [1.807, 2.05) is 36.4 Å². The van der Waals surface area contributed by atoms with Crippen molar-refractivity contribution >= 4 is 45.8 Å². The first-order chi connectivity index (χ1) is 20.6. The lowest BCUT2D eigenvalue weighted by Crippen LogP contribution is -2.60. The van der Waals surface area contributed by atoms with E-state index in [2.05, 4.69) is 11.1 Å². The summed E-state index contributed by atoms with van der Waals surface area (Å²) in [6, 6.07) is 20.5. The van der Waals surface area contributed by atoms with Crippen molar-refractivity contribution in [2.45, 2.75) is 37.4 Å². The minimum absolute atomic E-state index is 0.0173. The van der Waals surface area contributed by atoms with Crippen LogP contribution in [0.15, 0.2) is 72.9 Å². The summed E-state index contributed by atoms with van der Waals surface area (Å²) in [5, 5.41) is 11.3. The average Bonchev–Trinajstić information content (AvgIpc) is 2.98. The van der Waals surface area contributed by atoms with Gasteiger partial charge in [0.2, 0.25) is 0 Å². The molecular weight excluding hydrogens is 580 g/mol. The lowest BCUT2D eigenvalue weighted by molar-refractivity contribution is -0.138. The predicted molar refractivity (Wildman–Crippen MR) is 160 cm³/mol. The highest BCUT2D eigenvalue weighted by molar-refractivity contribution is 7.80. The summed E-state index contributed by atoms with van der Waals surface area (Å²) in [6.45, 7) is 0.227. The lowest BCUT2D eigenvalue weighted by atomic mass is 9.76. The second kappa shape index (κ2) is 12.0. The molecule has 0 aliphatic heterocycles. The Balaban J connectivity index is 1.38. The largest absolute Gasteiger partial charge is 0.490 e. The van der Waals surface area contributed by atoms with Gasteiger partial charge in [0.15, 0.2) is 22.4 Å². The van der Waals surface area contributed by atoms with Crippen LogP contribution in [0, 0.1) is 17.1 Å². The zero-order valence-corrected chi connectivity index (χ0v) is 23.9. The minimum atomic E-state index is -4.82. The van der Waals surface area contributed by atoms with Crippen LogP contribution in [0.2, 0.25) is 0 Å². The van der Waals surface area contributed by atoms with Gasteiger partial charge in [0.05, 0.1) is 24.1 Å². The fourth-order valence-electron chi connectivity index (χ4n) is 5.11. The molecule has 0 unspecified atom stereocenters. The molecular formula is C32H26F4N4O2S. The molecule has 1 heterocycles. The molecule has 11 heteroatoms. The van der Waals surface area contributed by atoms with Gasteiger partial charge in [-0.05, 0) is 66.0 Å². The van der Waals surface area contributed by atoms with Crippen LogP contribution in [0.3, 0.4) is 0 Å². The number of thiocarbonyl (C=S) groups is 1. The van der Waals surface area contributed by atoms with Crippen molar-refractivity contribution in [1.29, 1.82) is 5.26 Å². The van der Waals surface area contributed by atoms with E-state index < -0.39 is 28.8 Å². The molecule has 1 aliphatic carbocycles. The van der Waals surface area contributed by atoms with E-state index in [4.69, 9.17) is 22.2 Å². The van der Waals surface area contributed by atoms with Gasteiger partial charge in [0.1, 0.15) is 17.9 Å². The van der Waals surface area contributed by atoms with Crippen LogP contribution in [-0.4, -0.2) is 35.6 Å². The molecule has 1 aliphatic rings. The summed E-state index contributed by atoms with van der Waals surface area (Å²) >= 11 is 5.67. The minimum Gasteiger partial charge on any atom is -0.490 e. The number of anilines is 2. The van der Waals surface area contributed by atoms with Crippen LogP contribution >= 0.6 is 12.2 Å². The summed E-state index contributed by atoms with van der Waals surface area (Å²) < 4.78 is 61.9. The van der Waals surface area contributed by atoms with E-state index in [1.165, 1.54) is 35.0 Å². The maximum absolute atomic E-state index is 15.4. The summed E-state index contributed by atoms with van der Waals surface area (Å²) in [6.07, 6.45) is -0.858. The number of halogens is 4. The van der Waals surface area contributed by atoms with Crippen molar-refractivity contribution in [2.75, 3.05) is 23.5 Å². The number of nitriles is 1. The molecule has 0 bridgehead atoms.